The van der Waals surface area contributed by atoms with E-state index in [4.69, 9.17) is 0 Å². The van der Waals surface area contributed by atoms with Crippen LogP contribution in [0.4, 0.5) is 0 Å². The zero-order valence-corrected chi connectivity index (χ0v) is 9.86. The maximum absolute atomic E-state index is 11.6. The lowest BCUT2D eigenvalue weighted by Gasteiger charge is -2.16. The van der Waals surface area contributed by atoms with Crippen LogP contribution >= 0.6 is 0 Å². The number of aromatic nitrogens is 2. The van der Waals surface area contributed by atoms with Gasteiger partial charge in [0.15, 0.2) is 0 Å². The third-order valence-corrected chi connectivity index (χ3v) is 2.61. The van der Waals surface area contributed by atoms with Gasteiger partial charge in [-0.15, -0.1) is 0 Å². The largest absolute Gasteiger partial charge is 0.327 e. The van der Waals surface area contributed by atoms with Gasteiger partial charge in [-0.1, -0.05) is 13.8 Å². The first-order valence-electron chi connectivity index (χ1n) is 5.64. The van der Waals surface area contributed by atoms with Crippen molar-refractivity contribution in [2.45, 2.75) is 39.3 Å². The van der Waals surface area contributed by atoms with Crippen molar-refractivity contribution in [2.24, 2.45) is 7.05 Å². The summed E-state index contributed by atoms with van der Waals surface area (Å²) in [5.41, 5.74) is 0.0618. The fourth-order valence-corrected chi connectivity index (χ4v) is 1.57. The fraction of sp³-hybridized carbons (Fsp3) is 0.727. The van der Waals surface area contributed by atoms with Crippen LogP contribution in [0.1, 0.15) is 26.7 Å². The minimum absolute atomic E-state index is 0.0618. The molecule has 1 aromatic rings. The fourth-order valence-electron chi connectivity index (χ4n) is 1.57. The van der Waals surface area contributed by atoms with Crippen LogP contribution in [0.15, 0.2) is 17.2 Å². The summed E-state index contributed by atoms with van der Waals surface area (Å²) in [5, 5.41) is 3.44. The maximum Gasteiger partial charge on any atom is 0.327 e. The Balaban J connectivity index is 2.58. The van der Waals surface area contributed by atoms with Crippen molar-refractivity contribution >= 4 is 0 Å². The van der Waals surface area contributed by atoms with Gasteiger partial charge in [0.25, 0.3) is 0 Å². The number of hydrogen-bond donors (Lipinski definition) is 1. The Kier molecular flexibility index (Phi) is 4.62. The second kappa shape index (κ2) is 5.75. The molecular formula is C11H21N3O. The van der Waals surface area contributed by atoms with E-state index in [1.165, 1.54) is 0 Å². The monoisotopic (exact) mass is 211 g/mol. The van der Waals surface area contributed by atoms with E-state index in [2.05, 4.69) is 19.2 Å². The first-order valence-corrected chi connectivity index (χ1v) is 5.64. The Hall–Kier alpha value is -1.03. The molecule has 0 aliphatic heterocycles. The lowest BCUT2D eigenvalue weighted by molar-refractivity contribution is 0.429. The molecule has 0 saturated carbocycles. The zero-order chi connectivity index (χ0) is 11.3. The highest BCUT2D eigenvalue weighted by atomic mass is 16.1. The summed E-state index contributed by atoms with van der Waals surface area (Å²) in [6, 6.07) is 0.394. The van der Waals surface area contributed by atoms with E-state index in [9.17, 15) is 4.79 Å². The topological polar surface area (TPSA) is 39.0 Å². The van der Waals surface area contributed by atoms with Gasteiger partial charge in [-0.25, -0.2) is 4.79 Å². The van der Waals surface area contributed by atoms with Crippen LogP contribution in [-0.4, -0.2) is 21.7 Å². The highest BCUT2D eigenvalue weighted by molar-refractivity contribution is 4.81. The van der Waals surface area contributed by atoms with E-state index in [1.54, 1.807) is 22.4 Å². The van der Waals surface area contributed by atoms with E-state index in [0.717, 1.165) is 25.9 Å². The minimum Gasteiger partial charge on any atom is -0.312 e. The van der Waals surface area contributed by atoms with Crippen LogP contribution in [0.25, 0.3) is 0 Å². The molecule has 4 heteroatoms. The summed E-state index contributed by atoms with van der Waals surface area (Å²) in [6.07, 6.45) is 5.81. The minimum atomic E-state index is 0.0618. The lowest BCUT2D eigenvalue weighted by atomic mass is 10.2. The van der Waals surface area contributed by atoms with Gasteiger partial charge >= 0.3 is 5.69 Å². The summed E-state index contributed by atoms with van der Waals surface area (Å²) >= 11 is 0. The number of rotatable bonds is 6. The predicted molar refractivity (Wildman–Crippen MR) is 62.0 cm³/mol. The van der Waals surface area contributed by atoms with Crippen molar-refractivity contribution < 1.29 is 0 Å². The van der Waals surface area contributed by atoms with Gasteiger partial charge in [-0.05, 0) is 19.4 Å². The Bertz CT molecular complexity index is 340. The lowest BCUT2D eigenvalue weighted by Crippen LogP contribution is -2.36. The molecule has 0 aliphatic carbocycles. The third kappa shape index (κ3) is 3.23. The maximum atomic E-state index is 11.6. The number of aryl methyl sites for hydroxylation is 1. The molecule has 0 radical (unpaired) electrons. The zero-order valence-electron chi connectivity index (χ0n) is 9.86. The second-order valence-corrected chi connectivity index (χ2v) is 3.90. The Labute approximate surface area is 90.9 Å². The molecule has 1 atom stereocenters. The van der Waals surface area contributed by atoms with E-state index in [1.807, 2.05) is 6.20 Å². The quantitative estimate of drug-likeness (QED) is 0.761. The molecule has 15 heavy (non-hydrogen) atoms. The van der Waals surface area contributed by atoms with Crippen molar-refractivity contribution in [3.8, 4) is 0 Å². The average molecular weight is 211 g/mol. The SMILES string of the molecule is CCCNC(CC)Cn1ccn(C)c1=O. The average Bonchev–Trinajstić information content (AvgIpc) is 2.55. The van der Waals surface area contributed by atoms with Crippen molar-refractivity contribution in [1.82, 2.24) is 14.5 Å². The molecule has 1 heterocycles. The standard InChI is InChI=1S/C11H21N3O/c1-4-6-12-10(5-2)9-14-8-7-13(3)11(14)15/h7-8,10,12H,4-6,9H2,1-3H3. The first-order chi connectivity index (χ1) is 7.19. The molecule has 1 unspecified atom stereocenters. The normalized spacial score (nSPS) is 13.0. The molecule has 0 amide bonds. The van der Waals surface area contributed by atoms with Crippen molar-refractivity contribution in [2.75, 3.05) is 6.54 Å². The van der Waals surface area contributed by atoms with Gasteiger partial charge in [0.2, 0.25) is 0 Å². The van der Waals surface area contributed by atoms with E-state index >= 15 is 0 Å². The predicted octanol–water partition coefficient (Wildman–Crippen LogP) is 0.965. The number of hydrogen-bond acceptors (Lipinski definition) is 2. The van der Waals surface area contributed by atoms with Crippen LogP contribution in [0.5, 0.6) is 0 Å². The van der Waals surface area contributed by atoms with Gasteiger partial charge in [0, 0.05) is 32.0 Å². The Morgan fingerprint density at radius 1 is 1.40 bits per heavy atom. The Morgan fingerprint density at radius 2 is 2.13 bits per heavy atom. The second-order valence-electron chi connectivity index (χ2n) is 3.90. The number of nitrogens with one attached hydrogen (secondary N) is 1. The van der Waals surface area contributed by atoms with Crippen LogP contribution < -0.4 is 11.0 Å². The number of imidazole rings is 1. The molecule has 1 N–H and O–H groups in total. The van der Waals surface area contributed by atoms with E-state index in [-0.39, 0.29) is 5.69 Å². The molecule has 0 bridgehead atoms. The molecule has 0 fully saturated rings. The van der Waals surface area contributed by atoms with Gasteiger partial charge in [-0.2, -0.15) is 0 Å². The molecule has 0 saturated heterocycles. The molecule has 4 nitrogen and oxygen atoms in total. The Morgan fingerprint density at radius 3 is 2.60 bits per heavy atom. The smallest absolute Gasteiger partial charge is 0.312 e. The summed E-state index contributed by atoms with van der Waals surface area (Å²) < 4.78 is 3.36. The van der Waals surface area contributed by atoms with Crippen LogP contribution in [0.2, 0.25) is 0 Å². The third-order valence-electron chi connectivity index (χ3n) is 2.61. The number of nitrogens with zero attached hydrogens (tertiary/aromatic N) is 2. The molecule has 0 spiro atoms. The van der Waals surface area contributed by atoms with Crippen molar-refractivity contribution in [3.05, 3.63) is 22.9 Å². The highest BCUT2D eigenvalue weighted by Gasteiger charge is 2.07. The summed E-state index contributed by atoms with van der Waals surface area (Å²) in [7, 11) is 1.78. The molecule has 86 valence electrons. The molecule has 1 rings (SSSR count). The van der Waals surface area contributed by atoms with Crippen molar-refractivity contribution in [3.63, 3.8) is 0 Å². The van der Waals surface area contributed by atoms with Crippen LogP contribution in [-0.2, 0) is 13.6 Å². The van der Waals surface area contributed by atoms with E-state index in [0.29, 0.717) is 6.04 Å². The first kappa shape index (κ1) is 12.0. The highest BCUT2D eigenvalue weighted by Crippen LogP contribution is 1.95. The van der Waals surface area contributed by atoms with Crippen LogP contribution in [0, 0.1) is 0 Å². The summed E-state index contributed by atoms with van der Waals surface area (Å²) in [5.74, 6) is 0. The van der Waals surface area contributed by atoms with Crippen molar-refractivity contribution in [1.29, 1.82) is 0 Å². The van der Waals surface area contributed by atoms with Crippen LogP contribution in [0.3, 0.4) is 0 Å². The summed E-state index contributed by atoms with van der Waals surface area (Å²) in [4.78, 5) is 11.6. The van der Waals surface area contributed by atoms with E-state index < -0.39 is 0 Å². The molecule has 1 aromatic heterocycles. The van der Waals surface area contributed by atoms with Gasteiger partial charge in [-0.3, -0.25) is 4.57 Å². The van der Waals surface area contributed by atoms with Gasteiger partial charge in [0.1, 0.15) is 0 Å². The molecule has 0 aliphatic rings. The molecule has 0 aromatic carbocycles. The summed E-state index contributed by atoms with van der Waals surface area (Å²) in [6.45, 7) is 6.06. The van der Waals surface area contributed by atoms with Gasteiger partial charge in [0.05, 0.1) is 0 Å². The molecular weight excluding hydrogens is 190 g/mol. The van der Waals surface area contributed by atoms with Gasteiger partial charge < -0.3 is 9.88 Å².